The average molecular weight is 404 g/mol. The third-order valence-electron chi connectivity index (χ3n) is 5.51. The first-order valence-corrected chi connectivity index (χ1v) is 12.3. The van der Waals surface area contributed by atoms with E-state index in [1.165, 1.54) is 116 Å². The Labute approximate surface area is 163 Å². The van der Waals surface area contributed by atoms with Crippen molar-refractivity contribution in [2.24, 2.45) is 5.92 Å². The fourth-order valence-corrected chi connectivity index (χ4v) is 4.21. The third kappa shape index (κ3) is 17.3. The molecular formula is C23H47Br. The maximum absolute atomic E-state index is 3.86. The van der Waals surface area contributed by atoms with Gasteiger partial charge >= 0.3 is 0 Å². The number of alkyl halides is 1. The molecule has 1 heteroatoms. The van der Waals surface area contributed by atoms with Crippen molar-refractivity contribution >= 4 is 15.9 Å². The van der Waals surface area contributed by atoms with Gasteiger partial charge in [0.05, 0.1) is 0 Å². The molecular weight excluding hydrogens is 356 g/mol. The van der Waals surface area contributed by atoms with Gasteiger partial charge in [-0.1, -0.05) is 139 Å². The first kappa shape index (κ1) is 24.5. The van der Waals surface area contributed by atoms with Crippen molar-refractivity contribution in [1.82, 2.24) is 0 Å². The summed E-state index contributed by atoms with van der Waals surface area (Å²) in [6, 6.07) is 0. The Morgan fingerprint density at radius 1 is 0.500 bits per heavy atom. The van der Waals surface area contributed by atoms with Crippen LogP contribution >= 0.6 is 15.9 Å². The Morgan fingerprint density at radius 3 is 1.08 bits per heavy atom. The molecule has 1 unspecified atom stereocenters. The summed E-state index contributed by atoms with van der Waals surface area (Å²) in [5.74, 6) is 0.908. The summed E-state index contributed by atoms with van der Waals surface area (Å²) in [6.07, 6.45) is 26.0. The summed E-state index contributed by atoms with van der Waals surface area (Å²) in [6.45, 7) is 6.96. The molecule has 0 aliphatic rings. The molecule has 146 valence electrons. The molecule has 0 rings (SSSR count). The zero-order valence-electron chi connectivity index (χ0n) is 17.3. The maximum atomic E-state index is 3.86. The highest BCUT2D eigenvalue weighted by Gasteiger charge is 2.13. The SMILES string of the molecule is CCCCCCCCCCC(CCCCCCCCCC)C(C)Br. The van der Waals surface area contributed by atoms with E-state index >= 15 is 0 Å². The zero-order valence-corrected chi connectivity index (χ0v) is 18.8. The van der Waals surface area contributed by atoms with Crippen LogP contribution in [0.3, 0.4) is 0 Å². The second-order valence-electron chi connectivity index (χ2n) is 7.96. The van der Waals surface area contributed by atoms with Crippen molar-refractivity contribution in [3.8, 4) is 0 Å². The molecule has 0 aromatic carbocycles. The van der Waals surface area contributed by atoms with Gasteiger partial charge in [0, 0.05) is 4.83 Å². The van der Waals surface area contributed by atoms with Gasteiger partial charge in [-0.05, 0) is 18.8 Å². The fraction of sp³-hybridized carbons (Fsp3) is 1.00. The molecule has 0 bridgehead atoms. The van der Waals surface area contributed by atoms with Gasteiger partial charge in [-0.3, -0.25) is 0 Å². The van der Waals surface area contributed by atoms with E-state index in [-0.39, 0.29) is 0 Å². The van der Waals surface area contributed by atoms with E-state index in [0.717, 1.165) is 5.92 Å². The van der Waals surface area contributed by atoms with Crippen molar-refractivity contribution in [2.45, 2.75) is 141 Å². The summed E-state index contributed by atoms with van der Waals surface area (Å²) >= 11 is 3.86. The molecule has 0 aliphatic carbocycles. The molecule has 0 aliphatic heterocycles. The molecule has 0 amide bonds. The predicted molar refractivity (Wildman–Crippen MR) is 116 cm³/mol. The number of unbranched alkanes of at least 4 members (excludes halogenated alkanes) is 14. The van der Waals surface area contributed by atoms with Crippen LogP contribution in [0.25, 0.3) is 0 Å². The van der Waals surface area contributed by atoms with Gasteiger partial charge in [-0.25, -0.2) is 0 Å². The molecule has 0 nitrogen and oxygen atoms in total. The van der Waals surface area contributed by atoms with E-state index in [2.05, 4.69) is 36.7 Å². The molecule has 0 saturated carbocycles. The van der Waals surface area contributed by atoms with Crippen molar-refractivity contribution in [1.29, 1.82) is 0 Å². The molecule has 0 saturated heterocycles. The van der Waals surface area contributed by atoms with E-state index < -0.39 is 0 Å². The Kier molecular flexibility index (Phi) is 20.2. The van der Waals surface area contributed by atoms with Gasteiger partial charge in [0.25, 0.3) is 0 Å². The van der Waals surface area contributed by atoms with Crippen LogP contribution in [0.5, 0.6) is 0 Å². The highest BCUT2D eigenvalue weighted by Crippen LogP contribution is 2.26. The molecule has 0 aromatic rings. The summed E-state index contributed by atoms with van der Waals surface area (Å²) in [5.41, 5.74) is 0. The highest BCUT2D eigenvalue weighted by molar-refractivity contribution is 9.09. The average Bonchev–Trinajstić information content (AvgIpc) is 2.57. The first-order chi connectivity index (χ1) is 11.7. The van der Waals surface area contributed by atoms with Crippen LogP contribution in [0.2, 0.25) is 0 Å². The lowest BCUT2D eigenvalue weighted by Crippen LogP contribution is -2.11. The number of hydrogen-bond donors (Lipinski definition) is 0. The predicted octanol–water partition coefficient (Wildman–Crippen LogP) is 9.45. The van der Waals surface area contributed by atoms with Gasteiger partial charge < -0.3 is 0 Å². The van der Waals surface area contributed by atoms with Gasteiger partial charge in [0.2, 0.25) is 0 Å². The Bertz CT molecular complexity index is 204. The molecule has 0 heterocycles. The minimum atomic E-state index is 0.701. The lowest BCUT2D eigenvalue weighted by atomic mass is 9.92. The minimum absolute atomic E-state index is 0.701. The van der Waals surface area contributed by atoms with Crippen LogP contribution in [-0.4, -0.2) is 4.83 Å². The maximum Gasteiger partial charge on any atom is 0.0145 e. The van der Waals surface area contributed by atoms with E-state index in [0.29, 0.717) is 4.83 Å². The molecule has 0 spiro atoms. The van der Waals surface area contributed by atoms with Crippen molar-refractivity contribution in [3.63, 3.8) is 0 Å². The first-order valence-electron chi connectivity index (χ1n) is 11.4. The second-order valence-corrected chi connectivity index (χ2v) is 9.41. The highest BCUT2D eigenvalue weighted by atomic mass is 79.9. The van der Waals surface area contributed by atoms with Crippen molar-refractivity contribution < 1.29 is 0 Å². The fourth-order valence-electron chi connectivity index (χ4n) is 3.68. The minimum Gasteiger partial charge on any atom is -0.0891 e. The molecule has 1 atom stereocenters. The largest absolute Gasteiger partial charge is 0.0891 e. The second kappa shape index (κ2) is 19.8. The lowest BCUT2D eigenvalue weighted by molar-refractivity contribution is 0.403. The topological polar surface area (TPSA) is 0 Å². The van der Waals surface area contributed by atoms with Crippen LogP contribution in [-0.2, 0) is 0 Å². The van der Waals surface area contributed by atoms with Crippen LogP contribution in [0.4, 0.5) is 0 Å². The molecule has 0 N–H and O–H groups in total. The van der Waals surface area contributed by atoms with Crippen molar-refractivity contribution in [3.05, 3.63) is 0 Å². The normalized spacial score (nSPS) is 12.9. The van der Waals surface area contributed by atoms with E-state index in [4.69, 9.17) is 0 Å². The Balaban J connectivity index is 3.47. The monoisotopic (exact) mass is 402 g/mol. The van der Waals surface area contributed by atoms with Gasteiger partial charge in [0.15, 0.2) is 0 Å². The summed E-state index contributed by atoms with van der Waals surface area (Å²) < 4.78 is 0. The smallest absolute Gasteiger partial charge is 0.0145 e. The van der Waals surface area contributed by atoms with E-state index in [1.807, 2.05) is 0 Å². The van der Waals surface area contributed by atoms with Gasteiger partial charge in [-0.15, -0.1) is 0 Å². The molecule has 0 fully saturated rings. The lowest BCUT2D eigenvalue weighted by Gasteiger charge is -2.19. The van der Waals surface area contributed by atoms with Crippen LogP contribution < -0.4 is 0 Å². The van der Waals surface area contributed by atoms with E-state index in [1.54, 1.807) is 0 Å². The van der Waals surface area contributed by atoms with Crippen molar-refractivity contribution in [2.75, 3.05) is 0 Å². The number of rotatable bonds is 19. The molecule has 0 radical (unpaired) electrons. The van der Waals surface area contributed by atoms with Gasteiger partial charge in [0.1, 0.15) is 0 Å². The van der Waals surface area contributed by atoms with E-state index in [9.17, 15) is 0 Å². The number of hydrogen-bond acceptors (Lipinski definition) is 0. The summed E-state index contributed by atoms with van der Waals surface area (Å²) in [4.78, 5) is 0.701. The third-order valence-corrected chi connectivity index (χ3v) is 6.25. The summed E-state index contributed by atoms with van der Waals surface area (Å²) in [7, 11) is 0. The summed E-state index contributed by atoms with van der Waals surface area (Å²) in [5, 5.41) is 0. The molecule has 0 aromatic heterocycles. The van der Waals surface area contributed by atoms with Crippen LogP contribution in [0, 0.1) is 5.92 Å². The standard InChI is InChI=1S/C23H47Br/c1-4-6-8-10-12-14-16-18-20-23(22(3)24)21-19-17-15-13-11-9-7-5-2/h22-23H,4-21H2,1-3H3. The Hall–Kier alpha value is 0.480. The van der Waals surface area contributed by atoms with Crippen LogP contribution in [0.15, 0.2) is 0 Å². The van der Waals surface area contributed by atoms with Gasteiger partial charge in [-0.2, -0.15) is 0 Å². The molecule has 24 heavy (non-hydrogen) atoms. The Morgan fingerprint density at radius 2 is 0.792 bits per heavy atom. The van der Waals surface area contributed by atoms with Crippen LogP contribution in [0.1, 0.15) is 136 Å². The number of halogens is 1. The zero-order chi connectivity index (χ0) is 17.9. The quantitative estimate of drug-likeness (QED) is 0.149.